The lowest BCUT2D eigenvalue weighted by Gasteiger charge is -2.13. The van der Waals surface area contributed by atoms with Crippen LogP contribution >= 0.6 is 0 Å². The van der Waals surface area contributed by atoms with Gasteiger partial charge in [0.2, 0.25) is 0 Å². The maximum Gasteiger partial charge on any atom is 0.119 e. The molecular formula is C13H20O2. The monoisotopic (exact) mass is 208 g/mol. The third kappa shape index (κ3) is 4.34. The molecule has 1 N–H and O–H groups in total. The van der Waals surface area contributed by atoms with E-state index in [1.165, 1.54) is 0 Å². The number of hydrogen-bond acceptors (Lipinski definition) is 2. The second-order valence-electron chi connectivity index (χ2n) is 4.03. The fraction of sp³-hybridized carbons (Fsp3) is 0.538. The first kappa shape index (κ1) is 12.1. The molecule has 1 aromatic carbocycles. The highest BCUT2D eigenvalue weighted by Crippen LogP contribution is 2.15. The lowest BCUT2D eigenvalue weighted by Crippen LogP contribution is -2.09. The van der Waals surface area contributed by atoms with Crippen LogP contribution in [-0.2, 0) is 6.42 Å². The zero-order valence-electron chi connectivity index (χ0n) is 9.73. The Morgan fingerprint density at radius 1 is 1.20 bits per heavy atom. The minimum absolute atomic E-state index is 0.257. The highest BCUT2D eigenvalue weighted by atomic mass is 16.5. The molecule has 0 fully saturated rings. The molecule has 84 valence electrons. The molecule has 15 heavy (non-hydrogen) atoms. The lowest BCUT2D eigenvalue weighted by molar-refractivity contribution is 0.195. The minimum atomic E-state index is -0.286. The van der Waals surface area contributed by atoms with Crippen molar-refractivity contribution < 1.29 is 9.84 Å². The van der Waals surface area contributed by atoms with Crippen LogP contribution in [0, 0.1) is 0 Å². The molecule has 2 nitrogen and oxygen atoms in total. The van der Waals surface area contributed by atoms with E-state index in [2.05, 4.69) is 13.8 Å². The normalized spacial score (nSPS) is 14.7. The third-order valence-corrected chi connectivity index (χ3v) is 2.37. The summed E-state index contributed by atoms with van der Waals surface area (Å²) >= 11 is 0. The van der Waals surface area contributed by atoms with Gasteiger partial charge in [-0.25, -0.2) is 0 Å². The van der Waals surface area contributed by atoms with E-state index in [4.69, 9.17) is 4.74 Å². The summed E-state index contributed by atoms with van der Waals surface area (Å²) in [7, 11) is 0. The molecule has 0 saturated carbocycles. The summed E-state index contributed by atoms with van der Waals surface area (Å²) in [5.41, 5.74) is 1.14. The van der Waals surface area contributed by atoms with Crippen LogP contribution in [0.1, 0.15) is 32.8 Å². The molecule has 0 aromatic heterocycles. The summed E-state index contributed by atoms with van der Waals surface area (Å²) in [5, 5.41) is 9.23. The predicted molar refractivity (Wildman–Crippen MR) is 62.2 cm³/mol. The molecular weight excluding hydrogens is 188 g/mol. The Labute approximate surface area is 91.9 Å². The Morgan fingerprint density at radius 3 is 2.27 bits per heavy atom. The molecule has 0 aliphatic carbocycles. The van der Waals surface area contributed by atoms with Gasteiger partial charge >= 0.3 is 0 Å². The van der Waals surface area contributed by atoms with Gasteiger partial charge in [0.15, 0.2) is 0 Å². The van der Waals surface area contributed by atoms with Crippen LogP contribution in [0.3, 0.4) is 0 Å². The molecule has 0 spiro atoms. The van der Waals surface area contributed by atoms with E-state index >= 15 is 0 Å². The van der Waals surface area contributed by atoms with Crippen molar-refractivity contribution >= 4 is 0 Å². The number of hydrogen-bond donors (Lipinski definition) is 1. The zero-order chi connectivity index (χ0) is 11.3. The maximum absolute atomic E-state index is 9.23. The van der Waals surface area contributed by atoms with Gasteiger partial charge in [-0.2, -0.15) is 0 Å². The van der Waals surface area contributed by atoms with Gasteiger partial charge in [-0.15, -0.1) is 0 Å². The summed E-state index contributed by atoms with van der Waals surface area (Å²) in [6, 6.07) is 7.93. The summed E-state index contributed by atoms with van der Waals surface area (Å²) in [6.45, 7) is 5.96. The summed E-state index contributed by atoms with van der Waals surface area (Å²) < 4.78 is 5.66. The predicted octanol–water partition coefficient (Wildman–Crippen LogP) is 2.79. The lowest BCUT2D eigenvalue weighted by atomic mass is 10.1. The van der Waals surface area contributed by atoms with Crippen molar-refractivity contribution in [3.8, 4) is 5.75 Å². The smallest absolute Gasteiger partial charge is 0.119 e. The molecule has 2 atom stereocenters. The SMILES string of the molecule is CCC(C)Oc1ccc(CC(C)O)cc1. The highest BCUT2D eigenvalue weighted by Gasteiger charge is 2.02. The third-order valence-electron chi connectivity index (χ3n) is 2.37. The van der Waals surface area contributed by atoms with E-state index in [0.717, 1.165) is 17.7 Å². The molecule has 0 aliphatic rings. The van der Waals surface area contributed by atoms with Crippen LogP contribution in [0.5, 0.6) is 5.75 Å². The Kier molecular flexibility index (Phi) is 4.63. The van der Waals surface area contributed by atoms with Crippen LogP contribution < -0.4 is 4.74 Å². The first-order valence-corrected chi connectivity index (χ1v) is 5.55. The molecule has 0 aliphatic heterocycles. The van der Waals surface area contributed by atoms with E-state index in [1.54, 1.807) is 6.92 Å². The van der Waals surface area contributed by atoms with Crippen LogP contribution in [0.2, 0.25) is 0 Å². The molecule has 1 aromatic rings. The van der Waals surface area contributed by atoms with Gasteiger partial charge < -0.3 is 9.84 Å². The van der Waals surface area contributed by atoms with Gasteiger partial charge in [0.05, 0.1) is 12.2 Å². The number of benzene rings is 1. The quantitative estimate of drug-likeness (QED) is 0.806. The Morgan fingerprint density at radius 2 is 1.80 bits per heavy atom. The highest BCUT2D eigenvalue weighted by molar-refractivity contribution is 5.27. The summed E-state index contributed by atoms with van der Waals surface area (Å²) in [5.74, 6) is 0.902. The Hall–Kier alpha value is -1.02. The molecule has 0 bridgehead atoms. The number of aliphatic hydroxyl groups excluding tert-OH is 1. The minimum Gasteiger partial charge on any atom is -0.491 e. The van der Waals surface area contributed by atoms with Crippen LogP contribution in [0.15, 0.2) is 24.3 Å². The van der Waals surface area contributed by atoms with E-state index in [1.807, 2.05) is 24.3 Å². The van der Waals surface area contributed by atoms with Gasteiger partial charge in [0, 0.05) is 0 Å². The van der Waals surface area contributed by atoms with Crippen molar-refractivity contribution in [3.63, 3.8) is 0 Å². The largest absolute Gasteiger partial charge is 0.491 e. The van der Waals surface area contributed by atoms with E-state index < -0.39 is 0 Å². The Bertz CT molecular complexity index is 277. The zero-order valence-corrected chi connectivity index (χ0v) is 9.73. The molecule has 0 saturated heterocycles. The fourth-order valence-corrected chi connectivity index (χ4v) is 1.36. The van der Waals surface area contributed by atoms with Gasteiger partial charge in [-0.3, -0.25) is 0 Å². The van der Waals surface area contributed by atoms with Crippen molar-refractivity contribution in [1.29, 1.82) is 0 Å². The van der Waals surface area contributed by atoms with Crippen molar-refractivity contribution in [1.82, 2.24) is 0 Å². The van der Waals surface area contributed by atoms with Gasteiger partial charge in [0.1, 0.15) is 5.75 Å². The van der Waals surface area contributed by atoms with Crippen molar-refractivity contribution in [2.45, 2.75) is 45.8 Å². The molecule has 2 unspecified atom stereocenters. The standard InChI is InChI=1S/C13H20O2/c1-4-11(3)15-13-7-5-12(6-8-13)9-10(2)14/h5-8,10-11,14H,4,9H2,1-3H3. The Balaban J connectivity index is 2.56. The van der Waals surface area contributed by atoms with Crippen LogP contribution in [0.4, 0.5) is 0 Å². The molecule has 0 radical (unpaired) electrons. The average Bonchev–Trinajstić information content (AvgIpc) is 2.20. The van der Waals surface area contributed by atoms with Crippen LogP contribution in [0.25, 0.3) is 0 Å². The van der Waals surface area contributed by atoms with Crippen LogP contribution in [-0.4, -0.2) is 17.3 Å². The molecule has 2 heteroatoms. The van der Waals surface area contributed by atoms with Gasteiger partial charge in [-0.1, -0.05) is 19.1 Å². The first-order chi connectivity index (χ1) is 7.11. The van der Waals surface area contributed by atoms with E-state index in [-0.39, 0.29) is 12.2 Å². The van der Waals surface area contributed by atoms with E-state index in [0.29, 0.717) is 6.42 Å². The average molecular weight is 208 g/mol. The van der Waals surface area contributed by atoms with Gasteiger partial charge in [0.25, 0.3) is 0 Å². The second kappa shape index (κ2) is 5.76. The van der Waals surface area contributed by atoms with Gasteiger partial charge in [-0.05, 0) is 44.4 Å². The molecule has 0 heterocycles. The second-order valence-corrected chi connectivity index (χ2v) is 4.03. The van der Waals surface area contributed by atoms with Crippen molar-refractivity contribution in [2.75, 3.05) is 0 Å². The molecule has 1 rings (SSSR count). The first-order valence-electron chi connectivity index (χ1n) is 5.55. The van der Waals surface area contributed by atoms with Crippen molar-refractivity contribution in [2.24, 2.45) is 0 Å². The van der Waals surface area contributed by atoms with E-state index in [9.17, 15) is 5.11 Å². The number of aliphatic hydroxyl groups is 1. The van der Waals surface area contributed by atoms with Crippen molar-refractivity contribution in [3.05, 3.63) is 29.8 Å². The number of ether oxygens (including phenoxy) is 1. The topological polar surface area (TPSA) is 29.5 Å². The maximum atomic E-state index is 9.23. The summed E-state index contributed by atoms with van der Waals surface area (Å²) in [6.07, 6.45) is 1.68. The molecule has 0 amide bonds. The summed E-state index contributed by atoms with van der Waals surface area (Å²) in [4.78, 5) is 0. The fourth-order valence-electron chi connectivity index (χ4n) is 1.36. The number of rotatable bonds is 5.